The highest BCUT2D eigenvalue weighted by Gasteiger charge is 2.22. The van der Waals surface area contributed by atoms with Crippen molar-refractivity contribution in [2.75, 3.05) is 18.7 Å². The molecule has 6 heteroatoms. The smallest absolute Gasteiger partial charge is 0.243 e. The van der Waals surface area contributed by atoms with Crippen molar-refractivity contribution in [2.45, 2.75) is 12.5 Å². The zero-order valence-electron chi connectivity index (χ0n) is 12.2. The molecular weight excluding hydrogens is 282 g/mol. The number of nitrogens with two attached hydrogens (primary N) is 1. The number of carbonyl (C=O) groups excluding carboxylic acids is 1. The van der Waals surface area contributed by atoms with Gasteiger partial charge in [-0.15, -0.1) is 0 Å². The SMILES string of the molecule is CN(C(=O)[C@@H](N)Cc1ccncc1)c1ccc2c(c1)OCO2. The first-order valence-electron chi connectivity index (χ1n) is 6.97. The Balaban J connectivity index is 1.71. The van der Waals surface area contributed by atoms with Crippen molar-refractivity contribution >= 4 is 11.6 Å². The Bertz CT molecular complexity index is 676. The van der Waals surface area contributed by atoms with Crippen LogP contribution in [0.25, 0.3) is 0 Å². The van der Waals surface area contributed by atoms with E-state index in [0.717, 1.165) is 11.3 Å². The van der Waals surface area contributed by atoms with E-state index in [2.05, 4.69) is 4.98 Å². The summed E-state index contributed by atoms with van der Waals surface area (Å²) in [6.45, 7) is 0.206. The molecule has 114 valence electrons. The van der Waals surface area contributed by atoms with Crippen molar-refractivity contribution in [3.8, 4) is 11.5 Å². The predicted octanol–water partition coefficient (Wildman–Crippen LogP) is 1.34. The molecule has 0 fully saturated rings. The highest BCUT2D eigenvalue weighted by Crippen LogP contribution is 2.35. The van der Waals surface area contributed by atoms with Gasteiger partial charge in [-0.3, -0.25) is 9.78 Å². The van der Waals surface area contributed by atoms with E-state index in [4.69, 9.17) is 15.2 Å². The van der Waals surface area contributed by atoms with Crippen molar-refractivity contribution in [1.29, 1.82) is 0 Å². The first-order valence-corrected chi connectivity index (χ1v) is 6.97. The highest BCUT2D eigenvalue weighted by atomic mass is 16.7. The Labute approximate surface area is 128 Å². The maximum Gasteiger partial charge on any atom is 0.243 e. The molecule has 2 N–H and O–H groups in total. The molecule has 1 aliphatic heterocycles. The van der Waals surface area contributed by atoms with Gasteiger partial charge in [-0.1, -0.05) is 0 Å². The summed E-state index contributed by atoms with van der Waals surface area (Å²) >= 11 is 0. The van der Waals surface area contributed by atoms with Crippen LogP contribution in [-0.4, -0.2) is 30.8 Å². The Kier molecular flexibility index (Phi) is 3.93. The van der Waals surface area contributed by atoms with Gasteiger partial charge in [-0.25, -0.2) is 0 Å². The monoisotopic (exact) mass is 299 g/mol. The maximum atomic E-state index is 12.5. The van der Waals surface area contributed by atoms with E-state index in [1.165, 1.54) is 4.90 Å². The molecule has 3 rings (SSSR count). The van der Waals surface area contributed by atoms with Crippen molar-refractivity contribution < 1.29 is 14.3 Å². The molecule has 0 saturated carbocycles. The van der Waals surface area contributed by atoms with Gasteiger partial charge in [0.1, 0.15) is 0 Å². The number of anilines is 1. The number of carbonyl (C=O) groups is 1. The number of hydrogen-bond donors (Lipinski definition) is 1. The minimum Gasteiger partial charge on any atom is -0.454 e. The Morgan fingerprint density at radius 2 is 2.00 bits per heavy atom. The zero-order chi connectivity index (χ0) is 15.5. The number of nitrogens with zero attached hydrogens (tertiary/aromatic N) is 2. The van der Waals surface area contributed by atoms with Crippen molar-refractivity contribution in [3.63, 3.8) is 0 Å². The lowest BCUT2D eigenvalue weighted by Gasteiger charge is -2.21. The first-order chi connectivity index (χ1) is 10.6. The van der Waals surface area contributed by atoms with Gasteiger partial charge in [0, 0.05) is 31.2 Å². The topological polar surface area (TPSA) is 77.7 Å². The average Bonchev–Trinajstić information content (AvgIpc) is 3.02. The summed E-state index contributed by atoms with van der Waals surface area (Å²) in [4.78, 5) is 17.9. The lowest BCUT2D eigenvalue weighted by Crippen LogP contribution is -2.43. The Morgan fingerprint density at radius 3 is 2.77 bits per heavy atom. The molecule has 1 aliphatic rings. The fourth-order valence-electron chi connectivity index (χ4n) is 2.33. The molecule has 2 aromatic rings. The van der Waals surface area contributed by atoms with E-state index >= 15 is 0 Å². The van der Waals surface area contributed by atoms with Gasteiger partial charge in [0.15, 0.2) is 11.5 Å². The molecule has 1 atom stereocenters. The summed E-state index contributed by atoms with van der Waals surface area (Å²) in [6.07, 6.45) is 3.85. The molecule has 6 nitrogen and oxygen atoms in total. The number of pyridine rings is 1. The van der Waals surface area contributed by atoms with E-state index in [0.29, 0.717) is 17.9 Å². The standard InChI is InChI=1S/C16H17N3O3/c1-19(12-2-3-14-15(9-12)22-10-21-14)16(20)13(17)8-11-4-6-18-7-5-11/h2-7,9,13H,8,10,17H2,1H3/t13-/m0/s1. The van der Waals surface area contributed by atoms with Crippen LogP contribution in [0.1, 0.15) is 5.56 Å². The fraction of sp³-hybridized carbons (Fsp3) is 0.250. The van der Waals surface area contributed by atoms with Crippen molar-refractivity contribution in [1.82, 2.24) is 4.98 Å². The predicted molar refractivity (Wildman–Crippen MR) is 81.9 cm³/mol. The number of ether oxygens (including phenoxy) is 2. The molecule has 0 aliphatic carbocycles. The van der Waals surface area contributed by atoms with Gasteiger partial charge in [-0.2, -0.15) is 0 Å². The molecule has 22 heavy (non-hydrogen) atoms. The maximum absolute atomic E-state index is 12.5. The van der Waals surface area contributed by atoms with Crippen LogP contribution in [0.3, 0.4) is 0 Å². The van der Waals surface area contributed by atoms with Crippen LogP contribution in [0.5, 0.6) is 11.5 Å². The number of aromatic nitrogens is 1. The highest BCUT2D eigenvalue weighted by molar-refractivity contribution is 5.97. The molecule has 0 radical (unpaired) electrons. The van der Waals surface area contributed by atoms with Gasteiger partial charge >= 0.3 is 0 Å². The number of likely N-dealkylation sites (N-methyl/N-ethyl adjacent to an activating group) is 1. The van der Waals surface area contributed by atoms with E-state index < -0.39 is 6.04 Å². The lowest BCUT2D eigenvalue weighted by atomic mass is 10.1. The second-order valence-electron chi connectivity index (χ2n) is 5.10. The third-order valence-electron chi connectivity index (χ3n) is 3.60. The second kappa shape index (κ2) is 6.03. The molecular formula is C16H17N3O3. The van der Waals surface area contributed by atoms with E-state index in [-0.39, 0.29) is 12.7 Å². The van der Waals surface area contributed by atoms with Crippen LogP contribution in [0.2, 0.25) is 0 Å². The quantitative estimate of drug-likeness (QED) is 0.922. The minimum absolute atomic E-state index is 0.157. The molecule has 0 unspecified atom stereocenters. The third kappa shape index (κ3) is 2.87. The summed E-state index contributed by atoms with van der Waals surface area (Å²) < 4.78 is 10.6. The van der Waals surface area contributed by atoms with Gasteiger partial charge in [0.25, 0.3) is 0 Å². The molecule has 1 aromatic heterocycles. The molecule has 1 aromatic carbocycles. The van der Waals surface area contributed by atoms with Crippen LogP contribution in [-0.2, 0) is 11.2 Å². The lowest BCUT2D eigenvalue weighted by molar-refractivity contribution is -0.119. The molecule has 0 saturated heterocycles. The summed E-state index contributed by atoms with van der Waals surface area (Å²) in [5, 5.41) is 0. The number of benzene rings is 1. The largest absolute Gasteiger partial charge is 0.454 e. The van der Waals surface area contributed by atoms with Crippen LogP contribution in [0, 0.1) is 0 Å². The molecule has 0 bridgehead atoms. The fourth-order valence-corrected chi connectivity index (χ4v) is 2.33. The number of amides is 1. The molecule has 1 amide bonds. The number of rotatable bonds is 4. The Morgan fingerprint density at radius 1 is 1.27 bits per heavy atom. The molecule has 2 heterocycles. The third-order valence-corrected chi connectivity index (χ3v) is 3.60. The Hall–Kier alpha value is -2.60. The van der Waals surface area contributed by atoms with E-state index in [9.17, 15) is 4.79 Å². The second-order valence-corrected chi connectivity index (χ2v) is 5.10. The molecule has 0 spiro atoms. The van der Waals surface area contributed by atoms with Crippen molar-refractivity contribution in [2.24, 2.45) is 5.73 Å². The van der Waals surface area contributed by atoms with E-state index in [1.54, 1.807) is 31.6 Å². The summed E-state index contributed by atoms with van der Waals surface area (Å²) in [5.74, 6) is 1.17. The normalized spacial score (nSPS) is 13.7. The summed E-state index contributed by atoms with van der Waals surface area (Å²) in [7, 11) is 1.70. The van der Waals surface area contributed by atoms with E-state index in [1.807, 2.05) is 18.2 Å². The first kappa shape index (κ1) is 14.3. The van der Waals surface area contributed by atoms with Gasteiger partial charge < -0.3 is 20.1 Å². The average molecular weight is 299 g/mol. The summed E-state index contributed by atoms with van der Waals surface area (Å²) in [6, 6.07) is 8.47. The van der Waals surface area contributed by atoms with Crippen molar-refractivity contribution in [3.05, 3.63) is 48.3 Å². The van der Waals surface area contributed by atoms with Gasteiger partial charge in [-0.05, 0) is 36.2 Å². The van der Waals surface area contributed by atoms with Crippen LogP contribution >= 0.6 is 0 Å². The van der Waals surface area contributed by atoms with Crippen LogP contribution in [0.4, 0.5) is 5.69 Å². The number of hydrogen-bond acceptors (Lipinski definition) is 5. The minimum atomic E-state index is -0.613. The number of fused-ring (bicyclic) bond motifs is 1. The van der Waals surface area contributed by atoms with Crippen LogP contribution < -0.4 is 20.1 Å². The zero-order valence-corrected chi connectivity index (χ0v) is 12.2. The summed E-state index contributed by atoms with van der Waals surface area (Å²) in [5.41, 5.74) is 7.74. The van der Waals surface area contributed by atoms with Crippen LogP contribution in [0.15, 0.2) is 42.7 Å². The van der Waals surface area contributed by atoms with Gasteiger partial charge in [0.2, 0.25) is 12.7 Å². The van der Waals surface area contributed by atoms with Gasteiger partial charge in [0.05, 0.1) is 6.04 Å².